The first-order chi connectivity index (χ1) is 9.66. The molecule has 0 spiro atoms. The van der Waals surface area contributed by atoms with E-state index in [4.69, 9.17) is 10.2 Å². The van der Waals surface area contributed by atoms with Gasteiger partial charge in [0.1, 0.15) is 0 Å². The van der Waals surface area contributed by atoms with Crippen molar-refractivity contribution in [2.24, 2.45) is 5.73 Å². The van der Waals surface area contributed by atoms with Gasteiger partial charge in [0.05, 0.1) is 11.6 Å². The number of rotatable bonds is 3. The first-order valence-corrected chi connectivity index (χ1v) is 6.31. The predicted molar refractivity (Wildman–Crippen MR) is 81.5 cm³/mol. The molecular formula is C14H15ClN4O2. The molecule has 6 nitrogen and oxygen atoms in total. The van der Waals surface area contributed by atoms with Crippen LogP contribution in [0, 0.1) is 0 Å². The van der Waals surface area contributed by atoms with Crippen molar-refractivity contribution in [3.8, 4) is 0 Å². The van der Waals surface area contributed by atoms with E-state index in [1.165, 1.54) is 0 Å². The van der Waals surface area contributed by atoms with Crippen LogP contribution in [0.4, 0.5) is 0 Å². The van der Waals surface area contributed by atoms with E-state index in [2.05, 4.69) is 15.2 Å². The zero-order valence-electron chi connectivity index (χ0n) is 11.3. The van der Waals surface area contributed by atoms with Crippen LogP contribution in [-0.4, -0.2) is 15.2 Å². The van der Waals surface area contributed by atoms with Crippen molar-refractivity contribution in [1.29, 1.82) is 0 Å². The lowest BCUT2D eigenvalue weighted by Crippen LogP contribution is -2.18. The number of fused-ring (bicyclic) bond motifs is 1. The van der Waals surface area contributed by atoms with E-state index >= 15 is 0 Å². The Morgan fingerprint density at radius 1 is 1.29 bits per heavy atom. The SMILES string of the molecule is C[C@H](c1cccc2cccnc12)[C@H](N)c1n[nH]c(=O)o1.Cl. The van der Waals surface area contributed by atoms with Gasteiger partial charge in [0.15, 0.2) is 0 Å². The van der Waals surface area contributed by atoms with E-state index in [-0.39, 0.29) is 24.2 Å². The monoisotopic (exact) mass is 306 g/mol. The molecule has 0 bridgehead atoms. The van der Waals surface area contributed by atoms with Gasteiger partial charge in [-0.05, 0) is 11.6 Å². The second-order valence-corrected chi connectivity index (χ2v) is 4.69. The number of para-hydroxylation sites is 1. The molecule has 3 aromatic rings. The fourth-order valence-corrected chi connectivity index (χ4v) is 2.29. The molecule has 1 aromatic carbocycles. The molecule has 0 aliphatic heterocycles. The standard InChI is InChI=1S/C14H14N4O2.ClH/c1-8(11(15)13-17-18-14(19)20-13)10-6-2-4-9-5-3-7-16-12(9)10;/h2-8,11H,15H2,1H3,(H,18,19);1H/t8-,11+;/m1./s1. The lowest BCUT2D eigenvalue weighted by molar-refractivity contribution is 0.402. The Kier molecular flexibility index (Phi) is 4.40. The highest BCUT2D eigenvalue weighted by atomic mass is 35.5. The quantitative estimate of drug-likeness (QED) is 0.772. The Balaban J connectivity index is 0.00000161. The number of aromatic nitrogens is 3. The molecule has 7 heteroatoms. The lowest BCUT2D eigenvalue weighted by atomic mass is 9.92. The number of nitrogens with two attached hydrogens (primary N) is 1. The Hall–Kier alpha value is -2.18. The smallest absolute Gasteiger partial charge is 0.391 e. The molecule has 0 unspecified atom stereocenters. The minimum atomic E-state index is -0.598. The molecule has 3 rings (SSSR count). The topological polar surface area (TPSA) is 97.8 Å². The summed E-state index contributed by atoms with van der Waals surface area (Å²) in [6.45, 7) is 1.96. The number of benzene rings is 1. The summed E-state index contributed by atoms with van der Waals surface area (Å²) in [5.41, 5.74) is 8.03. The van der Waals surface area contributed by atoms with Crippen LogP contribution in [0.2, 0.25) is 0 Å². The Bertz CT molecular complexity index is 793. The van der Waals surface area contributed by atoms with Gasteiger partial charge >= 0.3 is 5.76 Å². The molecule has 0 saturated carbocycles. The van der Waals surface area contributed by atoms with Gasteiger partial charge in [0, 0.05) is 17.5 Å². The molecule has 2 heterocycles. The molecule has 2 atom stereocenters. The van der Waals surface area contributed by atoms with E-state index in [1.807, 2.05) is 37.3 Å². The van der Waals surface area contributed by atoms with Gasteiger partial charge in [0.25, 0.3) is 0 Å². The third-order valence-electron chi connectivity index (χ3n) is 3.43. The largest absolute Gasteiger partial charge is 0.434 e. The summed E-state index contributed by atoms with van der Waals surface area (Å²) < 4.78 is 4.93. The van der Waals surface area contributed by atoms with Crippen LogP contribution in [0.25, 0.3) is 10.9 Å². The molecule has 0 aliphatic rings. The van der Waals surface area contributed by atoms with E-state index in [0.717, 1.165) is 16.5 Å². The Morgan fingerprint density at radius 2 is 2.05 bits per heavy atom. The number of hydrogen-bond acceptors (Lipinski definition) is 5. The number of nitrogens with zero attached hydrogens (tertiary/aromatic N) is 2. The molecule has 3 N–H and O–H groups in total. The Morgan fingerprint density at radius 3 is 2.76 bits per heavy atom. The first-order valence-electron chi connectivity index (χ1n) is 6.31. The molecule has 110 valence electrons. The van der Waals surface area contributed by atoms with Crippen molar-refractivity contribution in [2.45, 2.75) is 18.9 Å². The fourth-order valence-electron chi connectivity index (χ4n) is 2.29. The zero-order chi connectivity index (χ0) is 14.1. The highest BCUT2D eigenvalue weighted by Crippen LogP contribution is 2.31. The molecule has 0 fully saturated rings. The lowest BCUT2D eigenvalue weighted by Gasteiger charge is -2.18. The van der Waals surface area contributed by atoms with Crippen LogP contribution >= 0.6 is 12.4 Å². The highest BCUT2D eigenvalue weighted by Gasteiger charge is 2.23. The summed E-state index contributed by atoms with van der Waals surface area (Å²) in [6.07, 6.45) is 1.75. The number of H-pyrrole nitrogens is 1. The molecule has 0 amide bonds. The number of pyridine rings is 1. The summed E-state index contributed by atoms with van der Waals surface area (Å²) in [4.78, 5) is 15.4. The third-order valence-corrected chi connectivity index (χ3v) is 3.43. The third kappa shape index (κ3) is 2.81. The Labute approximate surface area is 126 Å². The maximum Gasteiger partial charge on any atom is 0.434 e. The number of nitrogens with one attached hydrogen (secondary N) is 1. The van der Waals surface area contributed by atoms with E-state index < -0.39 is 11.8 Å². The zero-order valence-corrected chi connectivity index (χ0v) is 12.1. The van der Waals surface area contributed by atoms with Crippen molar-refractivity contribution in [1.82, 2.24) is 15.2 Å². The summed E-state index contributed by atoms with van der Waals surface area (Å²) in [6, 6.07) is 9.32. The molecule has 0 saturated heterocycles. The normalized spacial score (nSPS) is 13.6. The van der Waals surface area contributed by atoms with Crippen LogP contribution in [0.5, 0.6) is 0 Å². The molecular weight excluding hydrogens is 292 g/mol. The highest BCUT2D eigenvalue weighted by molar-refractivity contribution is 5.85. The number of aromatic amines is 1. The number of halogens is 1. The van der Waals surface area contributed by atoms with Crippen molar-refractivity contribution < 1.29 is 4.42 Å². The minimum absolute atomic E-state index is 0. The van der Waals surface area contributed by atoms with E-state index in [9.17, 15) is 4.79 Å². The molecule has 0 aliphatic carbocycles. The maximum atomic E-state index is 11.0. The minimum Gasteiger partial charge on any atom is -0.391 e. The molecule has 0 radical (unpaired) electrons. The van der Waals surface area contributed by atoms with Gasteiger partial charge in [-0.25, -0.2) is 9.89 Å². The van der Waals surface area contributed by atoms with Gasteiger partial charge in [0.2, 0.25) is 5.89 Å². The van der Waals surface area contributed by atoms with Crippen LogP contribution in [0.1, 0.15) is 30.3 Å². The average molecular weight is 307 g/mol. The van der Waals surface area contributed by atoms with Crippen molar-refractivity contribution >= 4 is 23.3 Å². The summed E-state index contributed by atoms with van der Waals surface area (Å²) in [7, 11) is 0. The van der Waals surface area contributed by atoms with Crippen molar-refractivity contribution in [3.05, 3.63) is 58.5 Å². The van der Waals surface area contributed by atoms with Gasteiger partial charge in [-0.15, -0.1) is 17.5 Å². The first kappa shape index (κ1) is 15.2. The average Bonchev–Trinajstić information content (AvgIpc) is 2.91. The fraction of sp³-hybridized carbons (Fsp3) is 0.214. The molecule has 21 heavy (non-hydrogen) atoms. The van der Waals surface area contributed by atoms with E-state index in [0.29, 0.717) is 0 Å². The second-order valence-electron chi connectivity index (χ2n) is 4.69. The van der Waals surface area contributed by atoms with Crippen molar-refractivity contribution in [3.63, 3.8) is 0 Å². The summed E-state index contributed by atoms with van der Waals surface area (Å²) >= 11 is 0. The number of hydrogen-bond donors (Lipinski definition) is 2. The van der Waals surface area contributed by atoms with Gasteiger partial charge in [-0.1, -0.05) is 31.2 Å². The predicted octanol–water partition coefficient (Wildman–Crippen LogP) is 2.14. The van der Waals surface area contributed by atoms with Crippen molar-refractivity contribution in [2.75, 3.05) is 0 Å². The van der Waals surface area contributed by atoms with Crippen LogP contribution in [0.15, 0.2) is 45.7 Å². The van der Waals surface area contributed by atoms with Gasteiger partial charge in [-0.3, -0.25) is 4.98 Å². The van der Waals surface area contributed by atoms with Crippen LogP contribution < -0.4 is 11.5 Å². The van der Waals surface area contributed by atoms with Crippen LogP contribution in [-0.2, 0) is 0 Å². The van der Waals surface area contributed by atoms with Gasteiger partial charge < -0.3 is 10.2 Å². The maximum absolute atomic E-state index is 11.0. The van der Waals surface area contributed by atoms with Gasteiger partial charge in [-0.2, -0.15) is 0 Å². The summed E-state index contributed by atoms with van der Waals surface area (Å²) in [5, 5.41) is 7.07. The molecule has 2 aromatic heterocycles. The van der Waals surface area contributed by atoms with Crippen LogP contribution in [0.3, 0.4) is 0 Å². The second kappa shape index (κ2) is 6.07. The summed E-state index contributed by atoms with van der Waals surface area (Å²) in [5.74, 6) is -0.478. The van der Waals surface area contributed by atoms with E-state index in [1.54, 1.807) is 6.20 Å².